The van der Waals surface area contributed by atoms with Crippen LogP contribution in [0.2, 0.25) is 0 Å². The number of rotatable bonds is 32. The van der Waals surface area contributed by atoms with Gasteiger partial charge in [0.25, 0.3) is 0 Å². The molecule has 0 unspecified atom stereocenters. The van der Waals surface area contributed by atoms with Crippen LogP contribution in [0.4, 0.5) is 0 Å². The molecule has 0 rings (SSSR count). The van der Waals surface area contributed by atoms with Crippen molar-refractivity contribution in [3.63, 3.8) is 0 Å². The summed E-state index contributed by atoms with van der Waals surface area (Å²) < 4.78 is 1.21. The van der Waals surface area contributed by atoms with Crippen molar-refractivity contribution in [3.05, 3.63) is 0 Å². The standard InChI is InChI=1S/C35H73ClN.ClH/c1-4-6-8-10-12-14-16-18-20-22-24-26-28-30-33-37(3,35-32-36)34-31-29-27-25-23-21-19-17-15-13-11-9-7-5-2;/h4-35H2,1-3H3;1H/q+1;/p-1. The van der Waals surface area contributed by atoms with Crippen molar-refractivity contribution in [1.29, 1.82) is 0 Å². The fraction of sp³-hybridized carbons (Fsp3) is 1.00. The third kappa shape index (κ3) is 31.1. The first kappa shape index (κ1) is 40.7. The van der Waals surface area contributed by atoms with Crippen LogP contribution in [0.1, 0.15) is 194 Å². The lowest BCUT2D eigenvalue weighted by Gasteiger charge is -2.34. The average molecular weight is 579 g/mol. The molecule has 0 aromatic rings. The predicted octanol–water partition coefficient (Wildman–Crippen LogP) is 9.64. The number of halogens is 2. The Morgan fingerprint density at radius 2 is 0.553 bits per heavy atom. The number of unbranched alkanes of at least 4 members (excludes halogenated alkanes) is 26. The average Bonchev–Trinajstić information content (AvgIpc) is 2.89. The van der Waals surface area contributed by atoms with Crippen LogP contribution < -0.4 is 12.4 Å². The molecule has 0 fully saturated rings. The number of nitrogens with zero attached hydrogens (tertiary/aromatic N) is 1. The summed E-state index contributed by atoms with van der Waals surface area (Å²) in [6.45, 7) is 8.43. The maximum absolute atomic E-state index is 6.20. The van der Waals surface area contributed by atoms with Crippen molar-refractivity contribution in [2.45, 2.75) is 194 Å². The molecule has 1 nitrogen and oxygen atoms in total. The number of quaternary nitrogens is 1. The van der Waals surface area contributed by atoms with Gasteiger partial charge in [-0.3, -0.25) is 0 Å². The van der Waals surface area contributed by atoms with Crippen LogP contribution in [0.5, 0.6) is 0 Å². The Hall–Kier alpha value is 0.540. The van der Waals surface area contributed by atoms with Gasteiger partial charge < -0.3 is 16.9 Å². The van der Waals surface area contributed by atoms with Crippen LogP contribution in [0.3, 0.4) is 0 Å². The molecule has 0 aromatic heterocycles. The van der Waals surface area contributed by atoms with Crippen LogP contribution in [0.25, 0.3) is 0 Å². The zero-order valence-electron chi connectivity index (χ0n) is 26.8. The molecule has 38 heavy (non-hydrogen) atoms. The van der Waals surface area contributed by atoms with E-state index in [0.29, 0.717) is 0 Å². The maximum Gasteiger partial charge on any atom is 0.0922 e. The van der Waals surface area contributed by atoms with Gasteiger partial charge in [-0.1, -0.05) is 168 Å². The van der Waals surface area contributed by atoms with E-state index in [4.69, 9.17) is 11.6 Å². The predicted molar refractivity (Wildman–Crippen MR) is 172 cm³/mol. The first-order valence-electron chi connectivity index (χ1n) is 17.6. The minimum Gasteiger partial charge on any atom is -1.00 e. The van der Waals surface area contributed by atoms with Gasteiger partial charge in [-0.05, 0) is 25.7 Å². The smallest absolute Gasteiger partial charge is 0.0922 e. The largest absolute Gasteiger partial charge is 1.00 e. The SMILES string of the molecule is CCCCCCCCCCCCCCCC[N+](C)(CCCl)CCCCCCCCCCCCCCCC.[Cl-]. The maximum atomic E-state index is 6.20. The highest BCUT2D eigenvalue weighted by Gasteiger charge is 2.19. The topological polar surface area (TPSA) is 0 Å². The van der Waals surface area contributed by atoms with Crippen molar-refractivity contribution in [1.82, 2.24) is 0 Å². The van der Waals surface area contributed by atoms with E-state index in [9.17, 15) is 0 Å². The van der Waals surface area contributed by atoms with E-state index in [2.05, 4.69) is 20.9 Å². The molecule has 0 aliphatic heterocycles. The van der Waals surface area contributed by atoms with Crippen LogP contribution in [0, 0.1) is 0 Å². The Balaban J connectivity index is 0. The molecule has 3 heteroatoms. The molecule has 0 radical (unpaired) electrons. The van der Waals surface area contributed by atoms with Crippen molar-refractivity contribution >= 4 is 11.6 Å². The quantitative estimate of drug-likeness (QED) is 0.0423. The van der Waals surface area contributed by atoms with Crippen molar-refractivity contribution in [3.8, 4) is 0 Å². The van der Waals surface area contributed by atoms with Gasteiger partial charge in [-0.15, -0.1) is 11.6 Å². The highest BCUT2D eigenvalue weighted by atomic mass is 35.5. The Kier molecular flexibility index (Phi) is 36.1. The van der Waals surface area contributed by atoms with Gasteiger partial charge in [0.1, 0.15) is 0 Å². The first-order valence-corrected chi connectivity index (χ1v) is 18.1. The summed E-state index contributed by atoms with van der Waals surface area (Å²) in [4.78, 5) is 0. The monoisotopic (exact) mass is 578 g/mol. The summed E-state index contributed by atoms with van der Waals surface area (Å²) in [5, 5.41) is 0. The Labute approximate surface area is 254 Å². The van der Waals surface area contributed by atoms with E-state index in [1.807, 2.05) is 0 Å². The summed E-state index contributed by atoms with van der Waals surface area (Å²) in [6, 6.07) is 0. The lowest BCUT2D eigenvalue weighted by atomic mass is 10.0. The summed E-state index contributed by atoms with van der Waals surface area (Å²) in [5.74, 6) is 0.813. The molecule has 0 bridgehead atoms. The molecule has 0 saturated carbocycles. The lowest BCUT2D eigenvalue weighted by Crippen LogP contribution is -3.00. The molecule has 0 atom stereocenters. The van der Waals surface area contributed by atoms with Gasteiger partial charge in [-0.2, -0.15) is 0 Å². The van der Waals surface area contributed by atoms with Gasteiger partial charge in [-0.25, -0.2) is 0 Å². The summed E-state index contributed by atoms with van der Waals surface area (Å²) in [6.07, 6.45) is 40.5. The molecule has 0 heterocycles. The number of alkyl halides is 1. The summed E-state index contributed by atoms with van der Waals surface area (Å²) >= 11 is 6.20. The highest BCUT2D eigenvalue weighted by Crippen LogP contribution is 2.16. The molecule has 0 aromatic carbocycles. The molecule has 232 valence electrons. The fourth-order valence-corrected chi connectivity index (χ4v) is 6.32. The summed E-state index contributed by atoms with van der Waals surface area (Å²) in [5.41, 5.74) is 0. The van der Waals surface area contributed by atoms with Crippen LogP contribution in [0.15, 0.2) is 0 Å². The van der Waals surface area contributed by atoms with Gasteiger partial charge in [0.2, 0.25) is 0 Å². The molecule has 0 aliphatic carbocycles. The fourth-order valence-electron chi connectivity index (χ4n) is 5.92. The third-order valence-electron chi connectivity index (χ3n) is 8.73. The molecule has 0 saturated heterocycles. The van der Waals surface area contributed by atoms with E-state index in [1.165, 1.54) is 197 Å². The zero-order chi connectivity index (χ0) is 27.1. The minimum atomic E-state index is 0. The van der Waals surface area contributed by atoms with Crippen LogP contribution in [-0.4, -0.2) is 37.0 Å². The molecular formula is C35H73Cl2N. The number of hydrogen-bond acceptors (Lipinski definition) is 0. The van der Waals surface area contributed by atoms with Gasteiger partial charge >= 0.3 is 0 Å². The first-order chi connectivity index (χ1) is 18.2. The molecule has 0 amide bonds. The summed E-state index contributed by atoms with van der Waals surface area (Å²) in [7, 11) is 2.47. The molecule has 0 aliphatic rings. The van der Waals surface area contributed by atoms with E-state index in [0.717, 1.165) is 12.4 Å². The highest BCUT2D eigenvalue weighted by molar-refractivity contribution is 6.17. The van der Waals surface area contributed by atoms with E-state index >= 15 is 0 Å². The van der Waals surface area contributed by atoms with E-state index in [1.54, 1.807) is 0 Å². The van der Waals surface area contributed by atoms with Crippen molar-refractivity contribution in [2.75, 3.05) is 32.6 Å². The van der Waals surface area contributed by atoms with Gasteiger partial charge in [0.15, 0.2) is 0 Å². The second-order valence-corrected chi connectivity index (χ2v) is 13.0. The zero-order valence-corrected chi connectivity index (χ0v) is 28.3. The van der Waals surface area contributed by atoms with Crippen molar-refractivity contribution < 1.29 is 16.9 Å². The lowest BCUT2D eigenvalue weighted by molar-refractivity contribution is -0.907. The van der Waals surface area contributed by atoms with Gasteiger partial charge in [0.05, 0.1) is 32.6 Å². The Bertz CT molecular complexity index is 383. The molecule has 0 N–H and O–H groups in total. The van der Waals surface area contributed by atoms with Crippen molar-refractivity contribution in [2.24, 2.45) is 0 Å². The number of hydrogen-bond donors (Lipinski definition) is 0. The van der Waals surface area contributed by atoms with E-state index < -0.39 is 0 Å². The Morgan fingerprint density at radius 1 is 0.342 bits per heavy atom. The second kappa shape index (κ2) is 33.7. The minimum absolute atomic E-state index is 0. The van der Waals surface area contributed by atoms with E-state index in [-0.39, 0.29) is 12.4 Å². The normalized spacial score (nSPS) is 11.7. The second-order valence-electron chi connectivity index (χ2n) is 12.7. The molecule has 0 spiro atoms. The Morgan fingerprint density at radius 3 is 0.763 bits per heavy atom. The van der Waals surface area contributed by atoms with Crippen LogP contribution >= 0.6 is 11.6 Å². The third-order valence-corrected chi connectivity index (χ3v) is 8.90. The van der Waals surface area contributed by atoms with Crippen LogP contribution in [-0.2, 0) is 0 Å². The van der Waals surface area contributed by atoms with Gasteiger partial charge in [0, 0.05) is 0 Å². The molecular weight excluding hydrogens is 505 g/mol.